The normalized spacial score (nSPS) is 24.3. The number of nitrogens with one attached hydrogen (secondary N) is 1. The number of hydrogen-bond donors (Lipinski definition) is 1. The summed E-state index contributed by atoms with van der Waals surface area (Å²) in [6.07, 6.45) is 2.75. The molecule has 0 saturated heterocycles. The van der Waals surface area contributed by atoms with E-state index in [-0.39, 0.29) is 0 Å². The van der Waals surface area contributed by atoms with Crippen molar-refractivity contribution in [2.75, 3.05) is 5.75 Å². The topological polar surface area (TPSA) is 12.0 Å². The Bertz CT molecular complexity index is 396. The summed E-state index contributed by atoms with van der Waals surface area (Å²) >= 11 is 2.02. The lowest BCUT2D eigenvalue weighted by molar-refractivity contribution is 0.577. The van der Waals surface area contributed by atoms with Crippen LogP contribution in [0.25, 0.3) is 0 Å². The van der Waals surface area contributed by atoms with Crippen LogP contribution in [0.1, 0.15) is 35.6 Å². The van der Waals surface area contributed by atoms with Crippen molar-refractivity contribution in [1.82, 2.24) is 5.32 Å². The molecule has 0 aromatic heterocycles. The van der Waals surface area contributed by atoms with E-state index in [4.69, 9.17) is 0 Å². The average Bonchev–Trinajstić information content (AvgIpc) is 2.91. The highest BCUT2D eigenvalue weighted by Gasteiger charge is 2.31. The molecule has 1 fully saturated rings. The highest BCUT2D eigenvalue weighted by atomic mass is 32.2. The monoisotopic (exact) mass is 219 g/mol. The SMILES string of the molecule is Cc1ccc(C)c2c1SCC2NC1CC1. The van der Waals surface area contributed by atoms with E-state index in [9.17, 15) is 0 Å². The lowest BCUT2D eigenvalue weighted by Gasteiger charge is -2.15. The summed E-state index contributed by atoms with van der Waals surface area (Å²) in [5, 5.41) is 3.76. The van der Waals surface area contributed by atoms with E-state index >= 15 is 0 Å². The lowest BCUT2D eigenvalue weighted by atomic mass is 10.00. The van der Waals surface area contributed by atoms with Crippen molar-refractivity contribution in [1.29, 1.82) is 0 Å². The number of thioether (sulfide) groups is 1. The van der Waals surface area contributed by atoms with Gasteiger partial charge in [-0.25, -0.2) is 0 Å². The molecule has 1 aromatic carbocycles. The first-order valence-corrected chi connectivity index (χ1v) is 6.73. The van der Waals surface area contributed by atoms with E-state index < -0.39 is 0 Å². The molecule has 0 bridgehead atoms. The van der Waals surface area contributed by atoms with Gasteiger partial charge in [0.25, 0.3) is 0 Å². The first kappa shape index (κ1) is 9.73. The van der Waals surface area contributed by atoms with Gasteiger partial charge < -0.3 is 5.32 Å². The van der Waals surface area contributed by atoms with Crippen molar-refractivity contribution in [3.05, 3.63) is 28.8 Å². The standard InChI is InChI=1S/C13H17NS/c1-8-3-4-9(2)13-12(8)11(7-15-13)14-10-5-6-10/h3-4,10-11,14H,5-7H2,1-2H3. The fourth-order valence-electron chi connectivity index (χ4n) is 2.35. The van der Waals surface area contributed by atoms with Gasteiger partial charge in [0.1, 0.15) is 0 Å². The second-order valence-electron chi connectivity index (χ2n) is 4.75. The van der Waals surface area contributed by atoms with Crippen molar-refractivity contribution in [2.45, 2.75) is 43.7 Å². The van der Waals surface area contributed by atoms with E-state index in [0.29, 0.717) is 6.04 Å². The molecule has 1 N–H and O–H groups in total. The maximum atomic E-state index is 3.76. The summed E-state index contributed by atoms with van der Waals surface area (Å²) in [4.78, 5) is 1.54. The van der Waals surface area contributed by atoms with Gasteiger partial charge in [-0.3, -0.25) is 0 Å². The minimum atomic E-state index is 0.609. The predicted molar refractivity (Wildman–Crippen MR) is 65.5 cm³/mol. The Hall–Kier alpha value is -0.470. The summed E-state index contributed by atoms with van der Waals surface area (Å²) in [5.74, 6) is 1.22. The van der Waals surface area contributed by atoms with Crippen molar-refractivity contribution in [2.24, 2.45) is 0 Å². The van der Waals surface area contributed by atoms with E-state index in [1.165, 1.54) is 34.6 Å². The molecule has 0 spiro atoms. The number of hydrogen-bond acceptors (Lipinski definition) is 2. The van der Waals surface area contributed by atoms with Gasteiger partial charge >= 0.3 is 0 Å². The number of benzene rings is 1. The van der Waals surface area contributed by atoms with E-state index in [1.807, 2.05) is 11.8 Å². The van der Waals surface area contributed by atoms with Crippen LogP contribution in [0.4, 0.5) is 0 Å². The van der Waals surface area contributed by atoms with Crippen LogP contribution in [0.3, 0.4) is 0 Å². The van der Waals surface area contributed by atoms with E-state index in [2.05, 4.69) is 31.3 Å². The first-order chi connectivity index (χ1) is 7.25. The fourth-order valence-corrected chi connectivity index (χ4v) is 3.70. The van der Waals surface area contributed by atoms with Crippen molar-refractivity contribution in [3.8, 4) is 0 Å². The van der Waals surface area contributed by atoms with Gasteiger partial charge in [-0.05, 0) is 43.4 Å². The van der Waals surface area contributed by atoms with Gasteiger partial charge in [-0.15, -0.1) is 11.8 Å². The Morgan fingerprint density at radius 3 is 2.67 bits per heavy atom. The van der Waals surface area contributed by atoms with E-state index in [1.54, 1.807) is 5.56 Å². The highest BCUT2D eigenvalue weighted by Crippen LogP contribution is 2.43. The molecule has 0 amide bonds. The second-order valence-corrected chi connectivity index (χ2v) is 5.78. The second kappa shape index (κ2) is 3.53. The zero-order valence-corrected chi connectivity index (χ0v) is 10.2. The van der Waals surface area contributed by atoms with Gasteiger partial charge in [0.15, 0.2) is 0 Å². The molecule has 2 aliphatic rings. The summed E-state index contributed by atoms with van der Waals surface area (Å²) in [5.41, 5.74) is 4.48. The van der Waals surface area contributed by atoms with Gasteiger partial charge in [-0.2, -0.15) is 0 Å². The summed E-state index contributed by atoms with van der Waals surface area (Å²) < 4.78 is 0. The zero-order chi connectivity index (χ0) is 10.4. The predicted octanol–water partition coefficient (Wildman–Crippen LogP) is 3.20. The van der Waals surface area contributed by atoms with Crippen molar-refractivity contribution in [3.63, 3.8) is 0 Å². The van der Waals surface area contributed by atoms with Crippen molar-refractivity contribution >= 4 is 11.8 Å². The Kier molecular flexibility index (Phi) is 2.29. The summed E-state index contributed by atoms with van der Waals surface area (Å²) in [6.45, 7) is 4.47. The molecule has 3 rings (SSSR count). The Balaban J connectivity index is 1.96. The number of rotatable bonds is 2. The van der Waals surface area contributed by atoms with E-state index in [0.717, 1.165) is 6.04 Å². The molecule has 1 heterocycles. The van der Waals surface area contributed by atoms with Crippen LogP contribution in [0.2, 0.25) is 0 Å². The smallest absolute Gasteiger partial charge is 0.0431 e. The molecule has 1 saturated carbocycles. The van der Waals surface area contributed by atoms with Crippen LogP contribution in [-0.4, -0.2) is 11.8 Å². The molecule has 1 aliphatic heterocycles. The Morgan fingerprint density at radius 2 is 1.93 bits per heavy atom. The molecule has 80 valence electrons. The number of fused-ring (bicyclic) bond motifs is 1. The third-order valence-corrected chi connectivity index (χ3v) is 4.70. The molecule has 15 heavy (non-hydrogen) atoms. The molecule has 1 aromatic rings. The molecular weight excluding hydrogens is 202 g/mol. The highest BCUT2D eigenvalue weighted by molar-refractivity contribution is 7.99. The number of aryl methyl sites for hydroxylation is 2. The van der Waals surface area contributed by atoms with Gasteiger partial charge in [0.2, 0.25) is 0 Å². The molecule has 1 nitrogen and oxygen atoms in total. The first-order valence-electron chi connectivity index (χ1n) is 5.74. The summed E-state index contributed by atoms with van der Waals surface area (Å²) in [7, 11) is 0. The van der Waals surface area contributed by atoms with Gasteiger partial charge in [-0.1, -0.05) is 12.1 Å². The van der Waals surface area contributed by atoms with Crippen LogP contribution < -0.4 is 5.32 Å². The maximum Gasteiger partial charge on any atom is 0.0431 e. The minimum Gasteiger partial charge on any atom is -0.306 e. The Morgan fingerprint density at radius 1 is 1.20 bits per heavy atom. The fraction of sp³-hybridized carbons (Fsp3) is 0.538. The average molecular weight is 219 g/mol. The van der Waals surface area contributed by atoms with Gasteiger partial charge in [0, 0.05) is 22.7 Å². The lowest BCUT2D eigenvalue weighted by Crippen LogP contribution is -2.23. The quantitative estimate of drug-likeness (QED) is 0.819. The van der Waals surface area contributed by atoms with Gasteiger partial charge in [0.05, 0.1) is 0 Å². The van der Waals surface area contributed by atoms with Crippen LogP contribution >= 0.6 is 11.8 Å². The largest absolute Gasteiger partial charge is 0.306 e. The van der Waals surface area contributed by atoms with Crippen LogP contribution in [0.5, 0.6) is 0 Å². The van der Waals surface area contributed by atoms with Crippen LogP contribution in [0, 0.1) is 13.8 Å². The maximum absolute atomic E-state index is 3.76. The Labute approximate surface area is 95.6 Å². The van der Waals surface area contributed by atoms with Crippen molar-refractivity contribution < 1.29 is 0 Å². The van der Waals surface area contributed by atoms with Crippen LogP contribution in [-0.2, 0) is 0 Å². The molecule has 0 radical (unpaired) electrons. The molecule has 1 atom stereocenters. The minimum absolute atomic E-state index is 0.609. The zero-order valence-electron chi connectivity index (χ0n) is 9.34. The molecule has 2 heteroatoms. The molecule has 1 unspecified atom stereocenters. The molecule has 1 aliphatic carbocycles. The molecular formula is C13H17NS. The van der Waals surface area contributed by atoms with Crippen LogP contribution in [0.15, 0.2) is 17.0 Å². The third kappa shape index (κ3) is 1.70. The third-order valence-electron chi connectivity index (χ3n) is 3.37. The summed E-state index contributed by atoms with van der Waals surface area (Å²) in [6, 6.07) is 5.93.